The molecule has 4 atom stereocenters. The van der Waals surface area contributed by atoms with Gasteiger partial charge in [-0.25, -0.2) is 0 Å². The number of hydrogen-bond acceptors (Lipinski definition) is 3. The molecule has 2 N–H and O–H groups in total. The van der Waals surface area contributed by atoms with Crippen LogP contribution in [0.4, 0.5) is 0 Å². The quantitative estimate of drug-likeness (QED) is 0.858. The van der Waals surface area contributed by atoms with Gasteiger partial charge < -0.3 is 15.4 Å². The summed E-state index contributed by atoms with van der Waals surface area (Å²) in [5.41, 5.74) is 6.34. The highest BCUT2D eigenvalue weighted by molar-refractivity contribution is 5.85. The summed E-state index contributed by atoms with van der Waals surface area (Å²) in [5, 5.41) is 0. The fraction of sp³-hybridized carbons (Fsp3) is 0.944. The van der Waals surface area contributed by atoms with Crippen LogP contribution in [0, 0.1) is 17.8 Å². The number of ether oxygens (including phenoxy) is 1. The molecule has 0 aromatic rings. The highest BCUT2D eigenvalue weighted by Crippen LogP contribution is 2.48. The van der Waals surface area contributed by atoms with Gasteiger partial charge in [-0.2, -0.15) is 0 Å². The molecule has 4 nitrogen and oxygen atoms in total. The summed E-state index contributed by atoms with van der Waals surface area (Å²) in [6.07, 6.45) is 11.7. The van der Waals surface area contributed by atoms with E-state index in [4.69, 9.17) is 10.5 Å². The second-order valence-corrected chi connectivity index (χ2v) is 8.00. The Labute approximate surface area is 145 Å². The Hall–Kier alpha value is -0.320. The minimum absolute atomic E-state index is 0. The number of amides is 1. The Morgan fingerprint density at radius 1 is 0.913 bits per heavy atom. The van der Waals surface area contributed by atoms with Crippen LogP contribution in [0.15, 0.2) is 0 Å². The Balaban J connectivity index is 0.00000156. The van der Waals surface area contributed by atoms with Crippen molar-refractivity contribution in [1.82, 2.24) is 4.90 Å². The summed E-state index contributed by atoms with van der Waals surface area (Å²) in [5.74, 6) is 1.65. The predicted octanol–water partition coefficient (Wildman–Crippen LogP) is 2.73. The van der Waals surface area contributed by atoms with Gasteiger partial charge in [-0.15, -0.1) is 12.4 Å². The van der Waals surface area contributed by atoms with Gasteiger partial charge in [0.15, 0.2) is 0 Å². The molecule has 1 aliphatic heterocycles. The molecule has 4 fully saturated rings. The Kier molecular flexibility index (Phi) is 5.54. The van der Waals surface area contributed by atoms with Crippen molar-refractivity contribution in [3.63, 3.8) is 0 Å². The monoisotopic (exact) mass is 342 g/mol. The van der Waals surface area contributed by atoms with E-state index in [2.05, 4.69) is 4.90 Å². The fourth-order valence-electron chi connectivity index (χ4n) is 5.42. The number of likely N-dealkylation sites (tertiary alicyclic amines) is 1. The Morgan fingerprint density at radius 3 is 2.13 bits per heavy atom. The number of rotatable bonds is 3. The van der Waals surface area contributed by atoms with Crippen molar-refractivity contribution < 1.29 is 9.53 Å². The third-order valence-electron chi connectivity index (χ3n) is 6.71. The minimum atomic E-state index is 0. The van der Waals surface area contributed by atoms with Gasteiger partial charge in [-0.3, -0.25) is 4.79 Å². The van der Waals surface area contributed by atoms with Crippen LogP contribution in [0.1, 0.15) is 57.8 Å². The zero-order valence-electron chi connectivity index (χ0n) is 14.0. The van der Waals surface area contributed by atoms with E-state index in [9.17, 15) is 4.79 Å². The van der Waals surface area contributed by atoms with Crippen LogP contribution < -0.4 is 5.73 Å². The van der Waals surface area contributed by atoms with Crippen molar-refractivity contribution in [2.75, 3.05) is 13.1 Å². The number of nitrogens with two attached hydrogens (primary N) is 1. The molecule has 1 saturated heterocycles. The van der Waals surface area contributed by atoms with Crippen LogP contribution >= 0.6 is 12.4 Å². The molecule has 5 heteroatoms. The lowest BCUT2D eigenvalue weighted by Gasteiger charge is -2.37. The molecule has 0 radical (unpaired) electrons. The lowest BCUT2D eigenvalue weighted by molar-refractivity contribution is -0.141. The molecular weight excluding hydrogens is 312 g/mol. The standard InChI is InChI=1S/C18H30N2O2.ClH/c19-17-13-6-5-12(11-13)16(17)18(21)20-9-7-15(8-10-20)22-14-3-1-2-4-14;/h12-17H,1-11,19H2;1H. The number of carbonyl (C=O) groups excluding carboxylic acids is 1. The van der Waals surface area contributed by atoms with Gasteiger partial charge in [0.05, 0.1) is 18.1 Å². The van der Waals surface area contributed by atoms with Gasteiger partial charge in [-0.1, -0.05) is 12.8 Å². The molecule has 3 saturated carbocycles. The molecule has 3 aliphatic carbocycles. The molecule has 1 amide bonds. The van der Waals surface area contributed by atoms with Crippen LogP contribution in [-0.4, -0.2) is 42.1 Å². The van der Waals surface area contributed by atoms with Crippen LogP contribution in [0.25, 0.3) is 0 Å². The number of nitrogens with zero attached hydrogens (tertiary/aromatic N) is 1. The average molecular weight is 343 g/mol. The fourth-order valence-corrected chi connectivity index (χ4v) is 5.42. The van der Waals surface area contributed by atoms with Crippen LogP contribution in [0.3, 0.4) is 0 Å². The van der Waals surface area contributed by atoms with Gasteiger partial charge in [0.1, 0.15) is 0 Å². The number of fused-ring (bicyclic) bond motifs is 2. The van der Waals surface area contributed by atoms with E-state index in [-0.39, 0.29) is 24.4 Å². The van der Waals surface area contributed by atoms with E-state index in [0.29, 0.717) is 30.0 Å². The minimum Gasteiger partial charge on any atom is -0.375 e. The predicted molar refractivity (Wildman–Crippen MR) is 92.5 cm³/mol. The van der Waals surface area contributed by atoms with Crippen LogP contribution in [0.2, 0.25) is 0 Å². The van der Waals surface area contributed by atoms with E-state index in [0.717, 1.165) is 25.9 Å². The molecule has 4 unspecified atom stereocenters. The number of hydrogen-bond donors (Lipinski definition) is 1. The lowest BCUT2D eigenvalue weighted by Crippen LogP contribution is -2.50. The second-order valence-electron chi connectivity index (χ2n) is 8.00. The molecule has 4 aliphatic rings. The largest absolute Gasteiger partial charge is 0.375 e. The van der Waals surface area contributed by atoms with E-state index in [1.807, 2.05) is 0 Å². The molecule has 0 spiro atoms. The van der Waals surface area contributed by atoms with Crippen LogP contribution in [0.5, 0.6) is 0 Å². The van der Waals surface area contributed by atoms with E-state index in [1.165, 1.54) is 44.9 Å². The maximum Gasteiger partial charge on any atom is 0.227 e. The molecule has 0 aromatic carbocycles. The van der Waals surface area contributed by atoms with Crippen molar-refractivity contribution in [2.24, 2.45) is 23.5 Å². The van der Waals surface area contributed by atoms with Gasteiger partial charge in [0, 0.05) is 19.1 Å². The Bertz CT molecular complexity index is 417. The second kappa shape index (κ2) is 7.28. The van der Waals surface area contributed by atoms with Gasteiger partial charge >= 0.3 is 0 Å². The number of carbonyl (C=O) groups is 1. The molecule has 23 heavy (non-hydrogen) atoms. The molecule has 2 bridgehead atoms. The smallest absolute Gasteiger partial charge is 0.227 e. The topological polar surface area (TPSA) is 55.6 Å². The van der Waals surface area contributed by atoms with E-state index in [1.54, 1.807) is 0 Å². The zero-order valence-corrected chi connectivity index (χ0v) is 14.8. The summed E-state index contributed by atoms with van der Waals surface area (Å²) in [7, 11) is 0. The van der Waals surface area contributed by atoms with Crippen molar-refractivity contribution in [2.45, 2.75) is 76.0 Å². The van der Waals surface area contributed by atoms with Gasteiger partial charge in [-0.05, 0) is 56.8 Å². The zero-order chi connectivity index (χ0) is 15.1. The van der Waals surface area contributed by atoms with Crippen molar-refractivity contribution in [3.8, 4) is 0 Å². The van der Waals surface area contributed by atoms with Crippen molar-refractivity contribution >= 4 is 18.3 Å². The average Bonchev–Trinajstić information content (AvgIpc) is 3.24. The summed E-state index contributed by atoms with van der Waals surface area (Å²) < 4.78 is 6.21. The third kappa shape index (κ3) is 3.40. The molecule has 0 aromatic heterocycles. The highest BCUT2D eigenvalue weighted by atomic mass is 35.5. The summed E-state index contributed by atoms with van der Waals surface area (Å²) in [6.45, 7) is 1.74. The first-order valence-electron chi connectivity index (χ1n) is 9.42. The summed E-state index contributed by atoms with van der Waals surface area (Å²) in [6, 6.07) is 0.124. The summed E-state index contributed by atoms with van der Waals surface area (Å²) in [4.78, 5) is 14.9. The van der Waals surface area contributed by atoms with Crippen LogP contribution in [-0.2, 0) is 9.53 Å². The number of piperidine rings is 1. The SMILES string of the molecule is Cl.NC1C2CCC(C2)C1C(=O)N1CCC(OC2CCCC2)CC1. The van der Waals surface area contributed by atoms with E-state index >= 15 is 0 Å². The maximum atomic E-state index is 12.9. The molecular formula is C18H31ClN2O2. The van der Waals surface area contributed by atoms with Gasteiger partial charge in [0.2, 0.25) is 5.91 Å². The first-order chi connectivity index (χ1) is 10.7. The summed E-state index contributed by atoms with van der Waals surface area (Å²) >= 11 is 0. The first-order valence-corrected chi connectivity index (χ1v) is 9.42. The van der Waals surface area contributed by atoms with Crippen molar-refractivity contribution in [1.29, 1.82) is 0 Å². The van der Waals surface area contributed by atoms with Crippen molar-refractivity contribution in [3.05, 3.63) is 0 Å². The Morgan fingerprint density at radius 2 is 1.52 bits per heavy atom. The maximum absolute atomic E-state index is 12.9. The van der Waals surface area contributed by atoms with E-state index < -0.39 is 0 Å². The number of halogens is 1. The lowest BCUT2D eigenvalue weighted by atomic mass is 9.83. The highest BCUT2D eigenvalue weighted by Gasteiger charge is 2.50. The van der Waals surface area contributed by atoms with Gasteiger partial charge in [0.25, 0.3) is 0 Å². The molecule has 1 heterocycles. The normalized spacial score (nSPS) is 38.0. The first kappa shape index (κ1) is 17.5. The molecule has 4 rings (SSSR count). The molecule has 132 valence electrons. The third-order valence-corrected chi connectivity index (χ3v) is 6.71.